The lowest BCUT2D eigenvalue weighted by atomic mass is 9.96. The summed E-state index contributed by atoms with van der Waals surface area (Å²) in [4.78, 5) is 48.9. The topological polar surface area (TPSA) is 147 Å². The molecule has 3 heterocycles. The molecule has 2 aromatic carbocycles. The van der Waals surface area contributed by atoms with Crippen molar-refractivity contribution in [2.75, 3.05) is 11.9 Å². The first-order chi connectivity index (χ1) is 21.2. The molecule has 1 amide bonds. The number of H-pyrrole nitrogens is 1. The predicted octanol–water partition coefficient (Wildman–Crippen LogP) is 3.35. The SMILES string of the molecule is C#C[C@]1(COCc2ccccc2)O[C@@H](n2cnc3c(=O)[nH]c(NC(=O)C(C)C)nc32)C(OC(C)=O)C1OCc1ccccc1. The summed E-state index contributed by atoms with van der Waals surface area (Å²) < 4.78 is 26.2. The monoisotopic (exact) mass is 599 g/mol. The second-order valence-corrected chi connectivity index (χ2v) is 10.7. The van der Waals surface area contributed by atoms with E-state index in [9.17, 15) is 14.4 Å². The average Bonchev–Trinajstić information content (AvgIpc) is 3.56. The fourth-order valence-electron chi connectivity index (χ4n) is 4.88. The number of terminal acetylenes is 1. The number of imidazole rings is 1. The molecule has 0 bridgehead atoms. The van der Waals surface area contributed by atoms with Crippen molar-refractivity contribution in [2.45, 2.75) is 58.0 Å². The van der Waals surface area contributed by atoms with Gasteiger partial charge >= 0.3 is 5.97 Å². The van der Waals surface area contributed by atoms with Crippen molar-refractivity contribution in [3.8, 4) is 12.3 Å². The van der Waals surface area contributed by atoms with Crippen molar-refractivity contribution >= 4 is 29.0 Å². The fourth-order valence-corrected chi connectivity index (χ4v) is 4.88. The predicted molar refractivity (Wildman–Crippen MR) is 160 cm³/mol. The molecule has 1 aliphatic rings. The van der Waals surface area contributed by atoms with Crippen LogP contribution >= 0.6 is 0 Å². The average molecular weight is 600 g/mol. The van der Waals surface area contributed by atoms with Gasteiger partial charge in [0.05, 0.1) is 26.1 Å². The normalized spacial score (nSPS) is 21.3. The summed E-state index contributed by atoms with van der Waals surface area (Å²) >= 11 is 0. The van der Waals surface area contributed by atoms with E-state index in [0.29, 0.717) is 0 Å². The van der Waals surface area contributed by atoms with Gasteiger partial charge in [-0.2, -0.15) is 4.98 Å². The third kappa shape index (κ3) is 6.55. The molecule has 1 fully saturated rings. The van der Waals surface area contributed by atoms with E-state index in [1.54, 1.807) is 13.8 Å². The first kappa shape index (κ1) is 30.6. The first-order valence-electron chi connectivity index (χ1n) is 14.1. The molecule has 4 atom stereocenters. The largest absolute Gasteiger partial charge is 0.455 e. The number of carbonyl (C=O) groups is 2. The van der Waals surface area contributed by atoms with Gasteiger partial charge in [0.25, 0.3) is 5.56 Å². The summed E-state index contributed by atoms with van der Waals surface area (Å²) in [5.74, 6) is 1.34. The Morgan fingerprint density at radius 2 is 1.77 bits per heavy atom. The minimum Gasteiger partial charge on any atom is -0.455 e. The lowest BCUT2D eigenvalue weighted by molar-refractivity contribution is -0.158. The molecule has 2 aromatic heterocycles. The number of hydrogen-bond acceptors (Lipinski definition) is 9. The van der Waals surface area contributed by atoms with Gasteiger partial charge in [-0.1, -0.05) is 80.4 Å². The molecule has 0 spiro atoms. The van der Waals surface area contributed by atoms with Crippen LogP contribution in [0, 0.1) is 18.3 Å². The molecule has 12 heteroatoms. The number of fused-ring (bicyclic) bond motifs is 1. The molecular weight excluding hydrogens is 566 g/mol. The lowest BCUT2D eigenvalue weighted by Crippen LogP contribution is -2.48. The number of esters is 1. The summed E-state index contributed by atoms with van der Waals surface area (Å²) in [5, 5.41) is 2.59. The molecule has 0 aliphatic carbocycles. The summed E-state index contributed by atoms with van der Waals surface area (Å²) in [6.45, 7) is 4.95. The van der Waals surface area contributed by atoms with Crippen LogP contribution in [0.15, 0.2) is 71.8 Å². The highest BCUT2D eigenvalue weighted by Crippen LogP contribution is 2.42. The third-order valence-electron chi connectivity index (χ3n) is 7.09. The number of nitrogens with zero attached hydrogens (tertiary/aromatic N) is 3. The third-order valence-corrected chi connectivity index (χ3v) is 7.09. The Balaban J connectivity index is 1.54. The van der Waals surface area contributed by atoms with Gasteiger partial charge in [0, 0.05) is 12.8 Å². The zero-order valence-electron chi connectivity index (χ0n) is 24.6. The Morgan fingerprint density at radius 1 is 1.11 bits per heavy atom. The van der Waals surface area contributed by atoms with E-state index in [-0.39, 0.29) is 48.8 Å². The molecule has 12 nitrogen and oxygen atoms in total. The maximum Gasteiger partial charge on any atom is 0.303 e. The van der Waals surface area contributed by atoms with E-state index < -0.39 is 35.6 Å². The first-order valence-corrected chi connectivity index (χ1v) is 14.1. The van der Waals surface area contributed by atoms with Gasteiger partial charge in [-0.25, -0.2) is 4.98 Å². The van der Waals surface area contributed by atoms with Crippen LogP contribution in [0.4, 0.5) is 5.95 Å². The van der Waals surface area contributed by atoms with Crippen LogP contribution < -0.4 is 10.9 Å². The maximum absolute atomic E-state index is 12.9. The van der Waals surface area contributed by atoms with Crippen LogP contribution in [0.5, 0.6) is 0 Å². The Labute approximate surface area is 253 Å². The van der Waals surface area contributed by atoms with Gasteiger partial charge in [0.15, 0.2) is 29.1 Å². The number of anilines is 1. The van der Waals surface area contributed by atoms with Crippen molar-refractivity contribution in [1.29, 1.82) is 0 Å². The number of ether oxygens (including phenoxy) is 4. The number of aromatic nitrogens is 4. The number of benzene rings is 2. The molecule has 5 rings (SSSR count). The number of carbonyl (C=O) groups excluding carboxylic acids is 2. The van der Waals surface area contributed by atoms with Crippen LogP contribution in [-0.2, 0) is 41.8 Å². The Bertz CT molecular complexity index is 1710. The fraction of sp³-hybridized carbons (Fsp3) is 0.344. The van der Waals surface area contributed by atoms with E-state index in [2.05, 4.69) is 26.2 Å². The molecule has 2 N–H and O–H groups in total. The molecule has 1 aliphatic heterocycles. The zero-order valence-corrected chi connectivity index (χ0v) is 24.6. The van der Waals surface area contributed by atoms with E-state index >= 15 is 0 Å². The maximum atomic E-state index is 12.9. The van der Waals surface area contributed by atoms with Crippen LogP contribution in [0.3, 0.4) is 0 Å². The number of rotatable bonds is 11. The van der Waals surface area contributed by atoms with Gasteiger partial charge in [-0.05, 0) is 11.1 Å². The lowest BCUT2D eigenvalue weighted by Gasteiger charge is -2.30. The molecular formula is C32H33N5O7. The van der Waals surface area contributed by atoms with E-state index in [1.165, 1.54) is 17.8 Å². The molecule has 2 unspecified atom stereocenters. The molecule has 1 saturated heterocycles. The van der Waals surface area contributed by atoms with Crippen molar-refractivity contribution in [1.82, 2.24) is 19.5 Å². The van der Waals surface area contributed by atoms with Gasteiger partial charge in [0.2, 0.25) is 11.9 Å². The molecule has 228 valence electrons. The molecule has 44 heavy (non-hydrogen) atoms. The van der Waals surface area contributed by atoms with Gasteiger partial charge < -0.3 is 18.9 Å². The number of amides is 1. The quantitative estimate of drug-likeness (QED) is 0.196. The second-order valence-electron chi connectivity index (χ2n) is 10.7. The zero-order chi connectivity index (χ0) is 31.3. The van der Waals surface area contributed by atoms with Gasteiger partial charge in [-0.15, -0.1) is 6.42 Å². The summed E-state index contributed by atoms with van der Waals surface area (Å²) in [6, 6.07) is 19.0. The molecule has 0 radical (unpaired) electrons. The highest BCUT2D eigenvalue weighted by molar-refractivity contribution is 5.91. The molecule has 4 aromatic rings. The van der Waals surface area contributed by atoms with E-state index in [4.69, 9.17) is 25.4 Å². The van der Waals surface area contributed by atoms with Gasteiger partial charge in [0.1, 0.15) is 6.10 Å². The van der Waals surface area contributed by atoms with Crippen LogP contribution in [0.1, 0.15) is 38.1 Å². The Morgan fingerprint density at radius 3 is 2.39 bits per heavy atom. The molecule has 0 saturated carbocycles. The van der Waals surface area contributed by atoms with Crippen molar-refractivity contribution in [3.05, 3.63) is 88.5 Å². The Hall–Kier alpha value is -4.83. The van der Waals surface area contributed by atoms with Crippen molar-refractivity contribution in [2.24, 2.45) is 5.92 Å². The smallest absolute Gasteiger partial charge is 0.303 e. The van der Waals surface area contributed by atoms with Gasteiger partial charge in [-0.3, -0.25) is 29.3 Å². The summed E-state index contributed by atoms with van der Waals surface area (Å²) in [6.07, 6.45) is 4.26. The summed E-state index contributed by atoms with van der Waals surface area (Å²) in [5.41, 5.74) is -0.261. The minimum absolute atomic E-state index is 0.0157. The summed E-state index contributed by atoms with van der Waals surface area (Å²) in [7, 11) is 0. The van der Waals surface area contributed by atoms with Crippen molar-refractivity contribution < 1.29 is 28.5 Å². The number of aromatic amines is 1. The highest BCUT2D eigenvalue weighted by atomic mass is 16.6. The minimum atomic E-state index is -1.53. The van der Waals surface area contributed by atoms with Crippen LogP contribution in [0.2, 0.25) is 0 Å². The highest BCUT2D eigenvalue weighted by Gasteiger charge is 2.58. The standard InChI is InChI=1S/C32H33N5O7/c1-5-32(18-41-16-22-12-8-6-9-13-22)26(42-17-23-14-10-7-11-15-23)25(43-21(4)38)30(44-32)37-19-33-24-27(37)34-31(36-29(24)40)35-28(39)20(2)3/h1,6-15,19-20,25-26,30H,16-18H2,2-4H3,(H2,34,35,36,39,40)/t25?,26?,30-,32-/m1/s1. The number of nitrogens with one attached hydrogen (secondary N) is 2. The Kier molecular flexibility index (Phi) is 9.20. The number of hydrogen-bond donors (Lipinski definition) is 2. The second kappa shape index (κ2) is 13.2. The van der Waals surface area contributed by atoms with E-state index in [1.807, 2.05) is 60.7 Å². The van der Waals surface area contributed by atoms with Crippen LogP contribution in [0.25, 0.3) is 11.2 Å². The van der Waals surface area contributed by atoms with E-state index in [0.717, 1.165) is 11.1 Å². The van der Waals surface area contributed by atoms with Crippen LogP contribution in [-0.4, -0.2) is 55.8 Å². The van der Waals surface area contributed by atoms with Crippen molar-refractivity contribution in [3.63, 3.8) is 0 Å².